The molecule has 0 radical (unpaired) electrons. The molecule has 1 N–H and O–H groups in total. The number of rotatable bonds is 5. The summed E-state index contributed by atoms with van der Waals surface area (Å²) >= 11 is 0. The van der Waals surface area contributed by atoms with Crippen LogP contribution in [-0.4, -0.2) is 50.2 Å². The molecule has 29 heavy (non-hydrogen) atoms. The Morgan fingerprint density at radius 2 is 1.76 bits per heavy atom. The van der Waals surface area contributed by atoms with E-state index in [1.807, 2.05) is 29.3 Å². The fourth-order valence-corrected chi connectivity index (χ4v) is 3.74. The quantitative estimate of drug-likeness (QED) is 0.709. The lowest BCUT2D eigenvalue weighted by molar-refractivity contribution is 0.0769. The number of carbonyl (C=O) groups excluding carboxylic acids is 1. The minimum Gasteiger partial charge on any atom is -0.497 e. The molecule has 0 atom stereocenters. The lowest BCUT2D eigenvalue weighted by Crippen LogP contribution is -2.34. The van der Waals surface area contributed by atoms with Crippen molar-refractivity contribution in [3.05, 3.63) is 59.8 Å². The van der Waals surface area contributed by atoms with Crippen LogP contribution in [0.2, 0.25) is 0 Å². The van der Waals surface area contributed by atoms with E-state index in [1.165, 1.54) is 5.57 Å². The number of fused-ring (bicyclic) bond motifs is 1. The monoisotopic (exact) mass is 392 g/mol. The van der Waals surface area contributed by atoms with Crippen LogP contribution < -0.4 is 14.2 Å². The predicted octanol–water partition coefficient (Wildman–Crippen LogP) is 4.12. The molecule has 1 aromatic heterocycles. The van der Waals surface area contributed by atoms with Crippen LogP contribution in [0.1, 0.15) is 22.3 Å². The number of hydrogen-bond acceptors (Lipinski definition) is 4. The smallest absolute Gasteiger partial charge is 0.257 e. The van der Waals surface area contributed by atoms with Gasteiger partial charge in [0.15, 0.2) is 0 Å². The number of amides is 1. The van der Waals surface area contributed by atoms with Gasteiger partial charge in [0.05, 0.1) is 26.9 Å². The Morgan fingerprint density at radius 3 is 2.45 bits per heavy atom. The molecule has 150 valence electrons. The molecule has 6 heteroatoms. The molecule has 0 unspecified atom stereocenters. The number of nitrogens with one attached hydrogen (secondary N) is 1. The molecule has 2 heterocycles. The van der Waals surface area contributed by atoms with E-state index in [4.69, 9.17) is 14.2 Å². The Kier molecular flexibility index (Phi) is 5.16. The van der Waals surface area contributed by atoms with E-state index in [0.29, 0.717) is 30.2 Å². The second-order valence-corrected chi connectivity index (χ2v) is 6.91. The first-order valence-corrected chi connectivity index (χ1v) is 9.50. The number of aromatic amines is 1. The van der Waals surface area contributed by atoms with Crippen LogP contribution in [0.5, 0.6) is 17.2 Å². The minimum absolute atomic E-state index is 0.0413. The van der Waals surface area contributed by atoms with Crippen molar-refractivity contribution in [1.82, 2.24) is 9.88 Å². The largest absolute Gasteiger partial charge is 0.497 e. The second kappa shape index (κ2) is 7.91. The van der Waals surface area contributed by atoms with Gasteiger partial charge in [0, 0.05) is 41.8 Å². The third-order valence-electron chi connectivity index (χ3n) is 5.37. The van der Waals surface area contributed by atoms with Crippen molar-refractivity contribution >= 4 is 22.4 Å². The van der Waals surface area contributed by atoms with Crippen LogP contribution in [0.3, 0.4) is 0 Å². The molecule has 1 aliphatic heterocycles. The first-order valence-electron chi connectivity index (χ1n) is 9.50. The first kappa shape index (κ1) is 18.9. The lowest BCUT2D eigenvalue weighted by Gasteiger charge is -2.27. The second-order valence-electron chi connectivity index (χ2n) is 6.91. The van der Waals surface area contributed by atoms with Crippen LogP contribution in [0, 0.1) is 0 Å². The number of nitrogens with zero attached hydrogens (tertiary/aromatic N) is 1. The summed E-state index contributed by atoms with van der Waals surface area (Å²) in [5, 5.41) is 1.13. The molecular formula is C23H24N2O4. The molecule has 6 nitrogen and oxygen atoms in total. The molecule has 0 spiro atoms. The van der Waals surface area contributed by atoms with Crippen molar-refractivity contribution in [3.63, 3.8) is 0 Å². The van der Waals surface area contributed by atoms with Crippen molar-refractivity contribution in [2.24, 2.45) is 0 Å². The number of H-pyrrole nitrogens is 1. The highest BCUT2D eigenvalue weighted by molar-refractivity contribution is 5.98. The molecule has 2 aromatic carbocycles. The third kappa shape index (κ3) is 3.53. The van der Waals surface area contributed by atoms with Crippen molar-refractivity contribution in [1.29, 1.82) is 0 Å². The minimum atomic E-state index is -0.0413. The van der Waals surface area contributed by atoms with E-state index >= 15 is 0 Å². The van der Waals surface area contributed by atoms with Gasteiger partial charge in [-0.25, -0.2) is 0 Å². The van der Waals surface area contributed by atoms with Crippen molar-refractivity contribution in [2.75, 3.05) is 34.4 Å². The number of ether oxygens (including phenoxy) is 3. The Hall–Kier alpha value is -3.41. The van der Waals surface area contributed by atoms with Gasteiger partial charge in [0.25, 0.3) is 5.91 Å². The van der Waals surface area contributed by atoms with Gasteiger partial charge in [0.1, 0.15) is 17.2 Å². The average Bonchev–Trinajstić information content (AvgIpc) is 3.21. The molecular weight excluding hydrogens is 368 g/mol. The topological polar surface area (TPSA) is 63.8 Å². The standard InChI is InChI=1S/C23H24N2O4/c1-27-16-5-7-21-19(12-16)20(14-24-21)15-8-10-25(11-9-15)23(26)18-6-4-17(28-2)13-22(18)29-3/h4-8,12-14,24H,9-11H2,1-3H3. The number of methoxy groups -OCH3 is 3. The third-order valence-corrected chi connectivity index (χ3v) is 5.37. The fourth-order valence-electron chi connectivity index (χ4n) is 3.74. The number of benzene rings is 2. The van der Waals surface area contributed by atoms with E-state index in [0.717, 1.165) is 28.6 Å². The van der Waals surface area contributed by atoms with E-state index in [1.54, 1.807) is 39.5 Å². The molecule has 0 fully saturated rings. The van der Waals surface area contributed by atoms with Gasteiger partial charge in [-0.3, -0.25) is 4.79 Å². The molecule has 1 aliphatic rings. The van der Waals surface area contributed by atoms with E-state index < -0.39 is 0 Å². The summed E-state index contributed by atoms with van der Waals surface area (Å²) in [6, 6.07) is 11.3. The molecule has 0 bridgehead atoms. The Balaban J connectivity index is 1.56. The summed E-state index contributed by atoms with van der Waals surface area (Å²) in [5.41, 5.74) is 4.01. The first-order chi connectivity index (χ1) is 14.1. The van der Waals surface area contributed by atoms with Gasteiger partial charge < -0.3 is 24.1 Å². The van der Waals surface area contributed by atoms with E-state index in [2.05, 4.69) is 11.1 Å². The van der Waals surface area contributed by atoms with Gasteiger partial charge in [0.2, 0.25) is 0 Å². The zero-order chi connectivity index (χ0) is 20.4. The van der Waals surface area contributed by atoms with Gasteiger partial charge in [-0.2, -0.15) is 0 Å². The maximum absolute atomic E-state index is 13.0. The molecule has 0 saturated heterocycles. The van der Waals surface area contributed by atoms with Gasteiger partial charge in [-0.1, -0.05) is 6.08 Å². The normalized spacial score (nSPS) is 13.9. The average molecular weight is 392 g/mol. The number of carbonyl (C=O) groups is 1. The zero-order valence-electron chi connectivity index (χ0n) is 16.8. The van der Waals surface area contributed by atoms with Gasteiger partial charge in [-0.05, 0) is 42.3 Å². The molecule has 1 amide bonds. The zero-order valence-corrected chi connectivity index (χ0v) is 16.8. The van der Waals surface area contributed by atoms with Crippen LogP contribution >= 0.6 is 0 Å². The Bertz CT molecular complexity index is 1080. The highest BCUT2D eigenvalue weighted by Gasteiger charge is 2.23. The van der Waals surface area contributed by atoms with Crippen molar-refractivity contribution in [3.8, 4) is 17.2 Å². The summed E-state index contributed by atoms with van der Waals surface area (Å²) in [5.74, 6) is 1.97. The summed E-state index contributed by atoms with van der Waals surface area (Å²) < 4.78 is 16.0. The molecule has 0 saturated carbocycles. The summed E-state index contributed by atoms with van der Waals surface area (Å²) in [6.45, 7) is 1.20. The number of aromatic nitrogens is 1. The van der Waals surface area contributed by atoms with Crippen molar-refractivity contribution < 1.29 is 19.0 Å². The fraction of sp³-hybridized carbons (Fsp3) is 0.261. The molecule has 0 aliphatic carbocycles. The van der Waals surface area contributed by atoms with E-state index in [9.17, 15) is 4.79 Å². The maximum Gasteiger partial charge on any atom is 0.257 e. The van der Waals surface area contributed by atoms with Crippen molar-refractivity contribution in [2.45, 2.75) is 6.42 Å². The van der Waals surface area contributed by atoms with Crippen LogP contribution in [0.4, 0.5) is 0 Å². The highest BCUT2D eigenvalue weighted by atomic mass is 16.5. The molecule has 4 rings (SSSR count). The van der Waals surface area contributed by atoms with Crippen LogP contribution in [0.15, 0.2) is 48.7 Å². The summed E-state index contributed by atoms with van der Waals surface area (Å²) in [6.07, 6.45) is 4.94. The molecule has 3 aromatic rings. The SMILES string of the molecule is COc1ccc(C(=O)N2CC=C(c3c[nH]c4ccc(OC)cc34)CC2)c(OC)c1. The highest BCUT2D eigenvalue weighted by Crippen LogP contribution is 2.32. The van der Waals surface area contributed by atoms with E-state index in [-0.39, 0.29) is 5.91 Å². The van der Waals surface area contributed by atoms with Crippen LogP contribution in [0.25, 0.3) is 16.5 Å². The Morgan fingerprint density at radius 1 is 1.00 bits per heavy atom. The van der Waals surface area contributed by atoms with Crippen LogP contribution in [-0.2, 0) is 0 Å². The van der Waals surface area contributed by atoms with Gasteiger partial charge in [-0.15, -0.1) is 0 Å². The summed E-state index contributed by atoms with van der Waals surface area (Å²) in [4.78, 5) is 18.2. The lowest BCUT2D eigenvalue weighted by atomic mass is 9.98. The Labute approximate surface area is 169 Å². The van der Waals surface area contributed by atoms with Gasteiger partial charge >= 0.3 is 0 Å². The maximum atomic E-state index is 13.0. The predicted molar refractivity (Wildman–Crippen MR) is 113 cm³/mol. The summed E-state index contributed by atoms with van der Waals surface area (Å²) in [7, 11) is 4.82. The number of hydrogen-bond donors (Lipinski definition) is 1.